The Morgan fingerprint density at radius 2 is 2.29 bits per heavy atom. The fourth-order valence-electron chi connectivity index (χ4n) is 2.26. The molecule has 0 saturated heterocycles. The fourth-order valence-corrected chi connectivity index (χ4v) is 3.25. The molecule has 0 aromatic carbocycles. The normalized spacial score (nSPS) is 27.8. The van der Waals surface area contributed by atoms with Gasteiger partial charge < -0.3 is 4.98 Å². The van der Waals surface area contributed by atoms with E-state index in [2.05, 4.69) is 11.2 Å². The molecule has 2 atom stereocenters. The molecule has 1 N–H and O–H groups in total. The van der Waals surface area contributed by atoms with Gasteiger partial charge in [-0.05, 0) is 19.1 Å². The third-order valence-electron chi connectivity index (χ3n) is 3.00. The summed E-state index contributed by atoms with van der Waals surface area (Å²) in [5.41, 5.74) is 0.0379. The van der Waals surface area contributed by atoms with Crippen molar-refractivity contribution in [2.45, 2.75) is 37.0 Å². The van der Waals surface area contributed by atoms with Crippen molar-refractivity contribution < 1.29 is 0 Å². The predicted octanol–water partition coefficient (Wildman–Crippen LogP) is 2.02. The van der Waals surface area contributed by atoms with Crippen LogP contribution in [0.25, 0.3) is 0 Å². The predicted molar refractivity (Wildman–Crippen MR) is 59.9 cm³/mol. The number of imidazole rings is 1. The van der Waals surface area contributed by atoms with Crippen LogP contribution in [-0.2, 0) is 0 Å². The first-order valence-corrected chi connectivity index (χ1v) is 6.40. The molecule has 0 radical (unpaired) electrons. The number of rotatable bonds is 2. The molecule has 0 bridgehead atoms. The first kappa shape index (κ1) is 9.90. The van der Waals surface area contributed by atoms with Crippen LogP contribution in [0.3, 0.4) is 0 Å². The zero-order valence-electron chi connectivity index (χ0n) is 8.40. The second kappa shape index (κ2) is 4.26. The van der Waals surface area contributed by atoms with Gasteiger partial charge in [-0.2, -0.15) is 11.8 Å². The molecule has 1 aliphatic carbocycles. The lowest BCUT2D eigenvalue weighted by Crippen LogP contribution is -2.31. The van der Waals surface area contributed by atoms with Crippen LogP contribution >= 0.6 is 11.8 Å². The van der Waals surface area contributed by atoms with Gasteiger partial charge in [-0.1, -0.05) is 12.8 Å². The van der Waals surface area contributed by atoms with Crippen molar-refractivity contribution in [3.63, 3.8) is 0 Å². The average Bonchev–Trinajstić information content (AvgIpc) is 2.64. The lowest BCUT2D eigenvalue weighted by molar-refractivity contribution is 0.358. The molecule has 1 aromatic heterocycles. The van der Waals surface area contributed by atoms with Gasteiger partial charge in [0.15, 0.2) is 0 Å². The Labute approximate surface area is 87.9 Å². The SMILES string of the molecule is CSC1CCCCC1n1cc[nH]c1=O. The van der Waals surface area contributed by atoms with Crippen molar-refractivity contribution in [1.82, 2.24) is 9.55 Å². The quantitative estimate of drug-likeness (QED) is 0.814. The van der Waals surface area contributed by atoms with E-state index in [0.29, 0.717) is 11.3 Å². The van der Waals surface area contributed by atoms with Gasteiger partial charge in [0.25, 0.3) is 0 Å². The van der Waals surface area contributed by atoms with Crippen molar-refractivity contribution in [1.29, 1.82) is 0 Å². The summed E-state index contributed by atoms with van der Waals surface area (Å²) in [4.78, 5) is 14.2. The van der Waals surface area contributed by atoms with Crippen LogP contribution in [0, 0.1) is 0 Å². The summed E-state index contributed by atoms with van der Waals surface area (Å²) in [6, 6.07) is 0.400. The van der Waals surface area contributed by atoms with Crippen molar-refractivity contribution in [3.8, 4) is 0 Å². The summed E-state index contributed by atoms with van der Waals surface area (Å²) in [6.45, 7) is 0. The molecule has 78 valence electrons. The second-order valence-electron chi connectivity index (χ2n) is 3.80. The number of hydrogen-bond acceptors (Lipinski definition) is 2. The van der Waals surface area contributed by atoms with Crippen molar-refractivity contribution in [2.75, 3.05) is 6.26 Å². The Hall–Kier alpha value is -0.640. The van der Waals surface area contributed by atoms with E-state index in [0.717, 1.165) is 6.42 Å². The second-order valence-corrected chi connectivity index (χ2v) is 4.88. The van der Waals surface area contributed by atoms with Gasteiger partial charge in [0, 0.05) is 17.6 Å². The van der Waals surface area contributed by atoms with E-state index in [1.165, 1.54) is 19.3 Å². The van der Waals surface area contributed by atoms with E-state index in [4.69, 9.17) is 0 Å². The van der Waals surface area contributed by atoms with E-state index >= 15 is 0 Å². The van der Waals surface area contributed by atoms with E-state index < -0.39 is 0 Å². The molecule has 3 nitrogen and oxygen atoms in total. The van der Waals surface area contributed by atoms with Crippen molar-refractivity contribution in [2.24, 2.45) is 0 Å². The molecular weight excluding hydrogens is 196 g/mol. The first-order valence-electron chi connectivity index (χ1n) is 5.11. The number of H-pyrrole nitrogens is 1. The summed E-state index contributed by atoms with van der Waals surface area (Å²) >= 11 is 1.89. The smallest absolute Gasteiger partial charge is 0.313 e. The summed E-state index contributed by atoms with van der Waals surface area (Å²) in [6.07, 6.45) is 10.7. The van der Waals surface area contributed by atoms with Crippen LogP contribution in [0.2, 0.25) is 0 Å². The van der Waals surface area contributed by atoms with Crippen LogP contribution < -0.4 is 5.69 Å². The standard InChI is InChI=1S/C10H16N2OS/c1-14-9-5-3-2-4-8(9)12-7-6-11-10(12)13/h6-9H,2-5H2,1H3,(H,11,13). The molecule has 1 fully saturated rings. The monoisotopic (exact) mass is 212 g/mol. The Balaban J connectivity index is 2.23. The molecule has 1 saturated carbocycles. The van der Waals surface area contributed by atoms with Gasteiger partial charge in [-0.3, -0.25) is 4.57 Å². The van der Waals surface area contributed by atoms with Crippen LogP contribution in [0.4, 0.5) is 0 Å². The zero-order chi connectivity index (χ0) is 9.97. The Morgan fingerprint density at radius 3 is 2.93 bits per heavy atom. The lowest BCUT2D eigenvalue weighted by Gasteiger charge is -2.30. The Bertz CT molecular complexity index is 344. The molecule has 1 aliphatic rings. The highest BCUT2D eigenvalue weighted by atomic mass is 32.2. The van der Waals surface area contributed by atoms with Crippen LogP contribution in [0.5, 0.6) is 0 Å². The number of thioether (sulfide) groups is 1. The number of nitrogens with one attached hydrogen (secondary N) is 1. The van der Waals surface area contributed by atoms with Crippen LogP contribution in [0.1, 0.15) is 31.7 Å². The Kier molecular flexibility index (Phi) is 3.01. The molecule has 0 aliphatic heterocycles. The molecule has 2 rings (SSSR count). The van der Waals surface area contributed by atoms with E-state index in [1.54, 1.807) is 6.20 Å². The summed E-state index contributed by atoms with van der Waals surface area (Å²) in [5.74, 6) is 0. The fraction of sp³-hybridized carbons (Fsp3) is 0.700. The molecule has 14 heavy (non-hydrogen) atoms. The van der Waals surface area contributed by atoms with Crippen molar-refractivity contribution in [3.05, 3.63) is 22.9 Å². The molecule has 4 heteroatoms. The first-order chi connectivity index (χ1) is 6.83. The zero-order valence-corrected chi connectivity index (χ0v) is 9.22. The topological polar surface area (TPSA) is 37.8 Å². The maximum absolute atomic E-state index is 11.5. The summed E-state index contributed by atoms with van der Waals surface area (Å²) in [5, 5.41) is 0.609. The van der Waals surface area contributed by atoms with Gasteiger partial charge in [0.1, 0.15) is 0 Å². The molecule has 1 heterocycles. The lowest BCUT2D eigenvalue weighted by atomic mass is 9.95. The third kappa shape index (κ3) is 1.75. The van der Waals surface area contributed by atoms with E-state index in [9.17, 15) is 4.79 Å². The number of aromatic amines is 1. The molecule has 0 amide bonds. The number of aromatic nitrogens is 2. The minimum atomic E-state index is 0.0379. The van der Waals surface area contributed by atoms with Gasteiger partial charge in [-0.15, -0.1) is 0 Å². The summed E-state index contributed by atoms with van der Waals surface area (Å²) < 4.78 is 1.86. The van der Waals surface area contributed by atoms with Gasteiger partial charge >= 0.3 is 5.69 Å². The largest absolute Gasteiger partial charge is 0.325 e. The minimum absolute atomic E-state index is 0.0379. The van der Waals surface area contributed by atoms with Crippen molar-refractivity contribution >= 4 is 11.8 Å². The molecule has 1 aromatic rings. The highest BCUT2D eigenvalue weighted by Gasteiger charge is 2.26. The number of hydrogen-bond donors (Lipinski definition) is 1. The Morgan fingerprint density at radius 1 is 1.50 bits per heavy atom. The van der Waals surface area contributed by atoms with Gasteiger partial charge in [0.05, 0.1) is 6.04 Å². The van der Waals surface area contributed by atoms with E-state index in [1.807, 2.05) is 22.5 Å². The molecular formula is C10H16N2OS. The van der Waals surface area contributed by atoms with E-state index in [-0.39, 0.29) is 5.69 Å². The summed E-state index contributed by atoms with van der Waals surface area (Å²) in [7, 11) is 0. The van der Waals surface area contributed by atoms with Gasteiger partial charge in [-0.25, -0.2) is 4.79 Å². The third-order valence-corrected chi connectivity index (χ3v) is 4.16. The van der Waals surface area contributed by atoms with Crippen LogP contribution in [0.15, 0.2) is 17.2 Å². The highest BCUT2D eigenvalue weighted by Crippen LogP contribution is 2.34. The highest BCUT2D eigenvalue weighted by molar-refractivity contribution is 7.99. The molecule has 2 unspecified atom stereocenters. The number of nitrogens with zero attached hydrogens (tertiary/aromatic N) is 1. The average molecular weight is 212 g/mol. The van der Waals surface area contributed by atoms with Crippen LogP contribution in [-0.4, -0.2) is 21.1 Å². The maximum Gasteiger partial charge on any atom is 0.325 e. The van der Waals surface area contributed by atoms with Gasteiger partial charge in [0.2, 0.25) is 0 Å². The maximum atomic E-state index is 11.5. The minimum Gasteiger partial charge on any atom is -0.313 e. The molecule has 0 spiro atoms.